The lowest BCUT2D eigenvalue weighted by Gasteiger charge is -2.39. The van der Waals surface area contributed by atoms with E-state index in [2.05, 4.69) is 34.3 Å². The van der Waals surface area contributed by atoms with E-state index in [1.807, 2.05) is 64.5 Å². The Morgan fingerprint density at radius 1 is 1.11 bits per heavy atom. The molecule has 0 radical (unpaired) electrons. The van der Waals surface area contributed by atoms with Crippen molar-refractivity contribution in [3.05, 3.63) is 54.1 Å². The number of amides is 1. The zero-order valence-electron chi connectivity index (χ0n) is 22.1. The van der Waals surface area contributed by atoms with Crippen molar-refractivity contribution >= 4 is 28.8 Å². The summed E-state index contributed by atoms with van der Waals surface area (Å²) in [5.74, 6) is 1.80. The first-order valence-corrected chi connectivity index (χ1v) is 12.4. The predicted molar refractivity (Wildman–Crippen MR) is 142 cm³/mol. The van der Waals surface area contributed by atoms with Crippen LogP contribution in [0.3, 0.4) is 0 Å². The van der Waals surface area contributed by atoms with E-state index in [-0.39, 0.29) is 12.0 Å². The number of hydrogen-bond acceptors (Lipinski definition) is 8. The van der Waals surface area contributed by atoms with Gasteiger partial charge in [0.25, 0.3) is 0 Å². The zero-order chi connectivity index (χ0) is 26.3. The summed E-state index contributed by atoms with van der Waals surface area (Å²) in [5, 5.41) is 16.3. The van der Waals surface area contributed by atoms with Crippen LogP contribution in [0.25, 0.3) is 22.2 Å². The standard InChI is InChI=1S/C27H32N8O2/c1-16(2)17-10-24(32-29-12-17)31-23-8-7-21-22(30-23)9-18(11-28-21)20-15-34(6)33-25(20)19-13-35(14-19)26(36)37-27(3,4)5/h7-12,15-16,19H,13-14H2,1-6H3,(H,30,31,32). The molecule has 4 aromatic rings. The molecule has 0 aromatic carbocycles. The summed E-state index contributed by atoms with van der Waals surface area (Å²) in [7, 11) is 1.90. The minimum Gasteiger partial charge on any atom is -0.444 e. The van der Waals surface area contributed by atoms with E-state index < -0.39 is 5.60 Å². The van der Waals surface area contributed by atoms with E-state index >= 15 is 0 Å². The van der Waals surface area contributed by atoms with Crippen molar-refractivity contribution in [3.8, 4) is 11.1 Å². The van der Waals surface area contributed by atoms with E-state index in [1.165, 1.54) is 0 Å². The van der Waals surface area contributed by atoms with Gasteiger partial charge in [0.15, 0.2) is 5.82 Å². The fourth-order valence-corrected chi connectivity index (χ4v) is 4.27. The monoisotopic (exact) mass is 500 g/mol. The zero-order valence-corrected chi connectivity index (χ0v) is 22.1. The first kappa shape index (κ1) is 24.6. The Morgan fingerprint density at radius 3 is 2.62 bits per heavy atom. The molecule has 1 amide bonds. The molecule has 192 valence electrons. The number of ether oxygens (including phenoxy) is 1. The molecule has 0 bridgehead atoms. The fourth-order valence-electron chi connectivity index (χ4n) is 4.27. The van der Waals surface area contributed by atoms with Gasteiger partial charge in [0.05, 0.1) is 22.9 Å². The Kier molecular flexibility index (Phi) is 6.26. The van der Waals surface area contributed by atoms with Gasteiger partial charge >= 0.3 is 6.09 Å². The smallest absolute Gasteiger partial charge is 0.410 e. The number of carbonyl (C=O) groups excluding carboxylic acids is 1. The molecule has 5 heterocycles. The Labute approximate surface area is 216 Å². The molecule has 1 fully saturated rings. The number of rotatable bonds is 5. The quantitative estimate of drug-likeness (QED) is 0.407. The van der Waals surface area contributed by atoms with Crippen LogP contribution in [0.1, 0.15) is 57.7 Å². The highest BCUT2D eigenvalue weighted by Crippen LogP contribution is 2.35. The van der Waals surface area contributed by atoms with Crippen molar-refractivity contribution < 1.29 is 9.53 Å². The third kappa shape index (κ3) is 5.37. The fraction of sp³-hybridized carbons (Fsp3) is 0.407. The third-order valence-corrected chi connectivity index (χ3v) is 6.22. The second kappa shape index (κ2) is 9.42. The number of fused-ring (bicyclic) bond motifs is 1. The van der Waals surface area contributed by atoms with Crippen molar-refractivity contribution in [3.63, 3.8) is 0 Å². The second-order valence-corrected chi connectivity index (χ2v) is 10.8. The minimum atomic E-state index is -0.514. The molecule has 1 saturated heterocycles. The minimum absolute atomic E-state index is 0.132. The summed E-state index contributed by atoms with van der Waals surface area (Å²) in [6.07, 6.45) is 5.32. The number of carbonyl (C=O) groups is 1. The molecule has 37 heavy (non-hydrogen) atoms. The lowest BCUT2D eigenvalue weighted by Crippen LogP contribution is -2.50. The number of pyridine rings is 2. The molecule has 1 N–H and O–H groups in total. The van der Waals surface area contributed by atoms with Crippen LogP contribution in [0.2, 0.25) is 0 Å². The lowest BCUT2D eigenvalue weighted by atomic mass is 9.92. The average molecular weight is 501 g/mol. The molecule has 1 aliphatic rings. The summed E-state index contributed by atoms with van der Waals surface area (Å²) in [5.41, 5.74) is 5.00. The molecule has 10 nitrogen and oxygen atoms in total. The van der Waals surface area contributed by atoms with Gasteiger partial charge in [0.1, 0.15) is 11.4 Å². The summed E-state index contributed by atoms with van der Waals surface area (Å²) in [6.45, 7) is 11.0. The van der Waals surface area contributed by atoms with Crippen LogP contribution in [0.15, 0.2) is 42.9 Å². The first-order valence-electron chi connectivity index (χ1n) is 12.4. The number of anilines is 2. The molecule has 0 spiro atoms. The summed E-state index contributed by atoms with van der Waals surface area (Å²) < 4.78 is 7.30. The van der Waals surface area contributed by atoms with Gasteiger partial charge in [-0.25, -0.2) is 9.78 Å². The third-order valence-electron chi connectivity index (χ3n) is 6.22. The molecule has 0 saturated carbocycles. The molecular formula is C27H32N8O2. The number of aryl methyl sites for hydroxylation is 1. The number of nitrogens with one attached hydrogen (secondary N) is 1. The molecule has 5 rings (SSSR count). The average Bonchev–Trinajstić information content (AvgIpc) is 3.17. The van der Waals surface area contributed by atoms with E-state index in [4.69, 9.17) is 14.8 Å². The maximum absolute atomic E-state index is 12.4. The molecule has 0 aliphatic carbocycles. The van der Waals surface area contributed by atoms with Crippen LogP contribution in [-0.2, 0) is 11.8 Å². The van der Waals surface area contributed by atoms with E-state index in [0.717, 1.165) is 33.4 Å². The Balaban J connectivity index is 1.38. The van der Waals surface area contributed by atoms with Crippen LogP contribution >= 0.6 is 0 Å². The van der Waals surface area contributed by atoms with Gasteiger partial charge < -0.3 is 15.0 Å². The van der Waals surface area contributed by atoms with E-state index in [9.17, 15) is 4.79 Å². The topological polar surface area (TPSA) is 111 Å². The molecule has 1 aliphatic heterocycles. The number of hydrogen-bond donors (Lipinski definition) is 1. The van der Waals surface area contributed by atoms with Gasteiger partial charge in [-0.3, -0.25) is 9.67 Å². The van der Waals surface area contributed by atoms with Gasteiger partial charge in [-0.05, 0) is 56.5 Å². The van der Waals surface area contributed by atoms with Gasteiger partial charge in [-0.2, -0.15) is 10.2 Å². The van der Waals surface area contributed by atoms with Gasteiger partial charge in [-0.15, -0.1) is 5.10 Å². The summed E-state index contributed by atoms with van der Waals surface area (Å²) >= 11 is 0. The summed E-state index contributed by atoms with van der Waals surface area (Å²) in [6, 6.07) is 7.82. The summed E-state index contributed by atoms with van der Waals surface area (Å²) in [4.78, 5) is 23.5. The first-order chi connectivity index (χ1) is 17.6. The molecule has 0 atom stereocenters. The van der Waals surface area contributed by atoms with E-state index in [1.54, 1.807) is 15.8 Å². The Morgan fingerprint density at radius 2 is 1.89 bits per heavy atom. The van der Waals surface area contributed by atoms with Crippen molar-refractivity contribution in [2.45, 2.75) is 52.1 Å². The molecule has 4 aromatic heterocycles. The van der Waals surface area contributed by atoms with Crippen molar-refractivity contribution in [1.82, 2.24) is 34.8 Å². The van der Waals surface area contributed by atoms with Crippen LogP contribution in [0.5, 0.6) is 0 Å². The predicted octanol–water partition coefficient (Wildman–Crippen LogP) is 5.02. The van der Waals surface area contributed by atoms with Crippen molar-refractivity contribution in [2.75, 3.05) is 18.4 Å². The normalized spacial score (nSPS) is 14.2. The number of likely N-dealkylation sites (tertiary alicyclic amines) is 1. The Bertz CT molecular complexity index is 1450. The van der Waals surface area contributed by atoms with Gasteiger partial charge in [-0.1, -0.05) is 13.8 Å². The maximum Gasteiger partial charge on any atom is 0.410 e. The lowest BCUT2D eigenvalue weighted by molar-refractivity contribution is 0.00787. The molecule has 0 unspecified atom stereocenters. The van der Waals surface area contributed by atoms with Crippen LogP contribution in [0, 0.1) is 0 Å². The largest absolute Gasteiger partial charge is 0.444 e. The molecule has 10 heteroatoms. The van der Waals surface area contributed by atoms with Crippen LogP contribution in [0.4, 0.5) is 16.4 Å². The second-order valence-electron chi connectivity index (χ2n) is 10.8. The van der Waals surface area contributed by atoms with Crippen LogP contribution in [-0.4, -0.2) is 59.6 Å². The van der Waals surface area contributed by atoms with Crippen molar-refractivity contribution in [2.24, 2.45) is 7.05 Å². The van der Waals surface area contributed by atoms with E-state index in [0.29, 0.717) is 30.6 Å². The number of aromatic nitrogens is 6. The maximum atomic E-state index is 12.4. The van der Waals surface area contributed by atoms with Gasteiger partial charge in [0, 0.05) is 49.6 Å². The van der Waals surface area contributed by atoms with Crippen LogP contribution < -0.4 is 5.32 Å². The highest BCUT2D eigenvalue weighted by atomic mass is 16.6. The SMILES string of the molecule is CC(C)c1cnnc(Nc2ccc3ncc(-c4cn(C)nc4C4CN(C(=O)OC(C)(C)C)C4)cc3n2)c1. The van der Waals surface area contributed by atoms with Gasteiger partial charge in [0.2, 0.25) is 0 Å². The Hall–Kier alpha value is -4.08. The van der Waals surface area contributed by atoms with Crippen molar-refractivity contribution in [1.29, 1.82) is 0 Å². The number of nitrogens with zero attached hydrogens (tertiary/aromatic N) is 7. The highest BCUT2D eigenvalue weighted by Gasteiger charge is 2.37. The highest BCUT2D eigenvalue weighted by molar-refractivity contribution is 5.82. The molecular weight excluding hydrogens is 468 g/mol.